The Balaban J connectivity index is 1.57. The van der Waals surface area contributed by atoms with Crippen LogP contribution in [0.3, 0.4) is 0 Å². The number of alkyl halides is 1. The lowest BCUT2D eigenvalue weighted by atomic mass is 10.2. The number of likely N-dealkylation sites (tertiary alicyclic amines) is 1. The van der Waals surface area contributed by atoms with Crippen molar-refractivity contribution in [3.8, 4) is 0 Å². The molecule has 3 heterocycles. The van der Waals surface area contributed by atoms with E-state index in [1.165, 1.54) is 17.3 Å². The fraction of sp³-hybridized carbons (Fsp3) is 0.625. The molecule has 0 radical (unpaired) electrons. The van der Waals surface area contributed by atoms with Gasteiger partial charge in [-0.25, -0.2) is 19.0 Å². The Bertz CT molecular complexity index is 697. The predicted octanol–water partition coefficient (Wildman–Crippen LogP) is 1.17. The zero-order chi connectivity index (χ0) is 18.0. The summed E-state index contributed by atoms with van der Waals surface area (Å²) in [5.41, 5.74) is 0.845. The van der Waals surface area contributed by atoms with E-state index in [0.29, 0.717) is 31.9 Å². The van der Waals surface area contributed by atoms with E-state index in [1.54, 1.807) is 6.92 Å². The van der Waals surface area contributed by atoms with Gasteiger partial charge in [-0.05, 0) is 27.2 Å². The number of aryl methyl sites for hydroxylation is 2. The van der Waals surface area contributed by atoms with E-state index in [-0.39, 0.29) is 11.9 Å². The van der Waals surface area contributed by atoms with Crippen molar-refractivity contribution in [2.75, 3.05) is 13.1 Å². The van der Waals surface area contributed by atoms with Crippen molar-refractivity contribution >= 4 is 5.91 Å². The zero-order valence-electron chi connectivity index (χ0n) is 14.6. The molecule has 25 heavy (non-hydrogen) atoms. The average molecular weight is 350 g/mol. The van der Waals surface area contributed by atoms with E-state index in [4.69, 9.17) is 4.42 Å². The number of hydrogen-bond acceptors (Lipinski definition) is 6. The first kappa shape index (κ1) is 17.5. The number of oxazole rings is 1. The van der Waals surface area contributed by atoms with Crippen molar-refractivity contribution in [2.24, 2.45) is 0 Å². The smallest absolute Gasteiger partial charge is 0.244 e. The van der Waals surface area contributed by atoms with E-state index in [0.717, 1.165) is 11.5 Å². The molecule has 3 atom stereocenters. The summed E-state index contributed by atoms with van der Waals surface area (Å²) in [4.78, 5) is 22.4. The molecule has 1 saturated heterocycles. The highest BCUT2D eigenvalue weighted by molar-refractivity contribution is 5.79. The fourth-order valence-electron chi connectivity index (χ4n) is 3.01. The van der Waals surface area contributed by atoms with Crippen LogP contribution in [-0.4, -0.2) is 55.9 Å². The molecule has 1 aliphatic heterocycles. The SMILES string of the molecule is Cc1nc(CN2C[C@@H](F)C[C@H]2CNC(=O)C(C)n2cncn2)oc1C. The van der Waals surface area contributed by atoms with Gasteiger partial charge in [0, 0.05) is 19.1 Å². The van der Waals surface area contributed by atoms with Crippen LogP contribution in [0.2, 0.25) is 0 Å². The maximum Gasteiger partial charge on any atom is 0.244 e. The molecule has 1 unspecified atom stereocenters. The first-order valence-electron chi connectivity index (χ1n) is 8.37. The number of halogens is 1. The number of amides is 1. The van der Waals surface area contributed by atoms with Gasteiger partial charge < -0.3 is 9.73 Å². The zero-order valence-corrected chi connectivity index (χ0v) is 14.6. The number of carbonyl (C=O) groups is 1. The molecule has 0 spiro atoms. The molecular formula is C16H23FN6O2. The van der Waals surface area contributed by atoms with Crippen LogP contribution in [0.15, 0.2) is 17.1 Å². The van der Waals surface area contributed by atoms with Crippen LogP contribution >= 0.6 is 0 Å². The molecule has 2 aromatic heterocycles. The molecule has 8 nitrogen and oxygen atoms in total. The van der Waals surface area contributed by atoms with Crippen molar-refractivity contribution < 1.29 is 13.6 Å². The van der Waals surface area contributed by atoms with Crippen molar-refractivity contribution in [3.05, 3.63) is 30.0 Å². The summed E-state index contributed by atoms with van der Waals surface area (Å²) < 4.78 is 21.0. The van der Waals surface area contributed by atoms with E-state index in [1.807, 2.05) is 18.7 Å². The second-order valence-electron chi connectivity index (χ2n) is 6.46. The third-order valence-corrected chi connectivity index (χ3v) is 4.61. The summed E-state index contributed by atoms with van der Waals surface area (Å²) in [5.74, 6) is 1.18. The van der Waals surface area contributed by atoms with Gasteiger partial charge in [-0.1, -0.05) is 0 Å². The minimum absolute atomic E-state index is 0.0885. The van der Waals surface area contributed by atoms with Crippen LogP contribution in [0, 0.1) is 13.8 Å². The number of nitrogens with one attached hydrogen (secondary N) is 1. The topological polar surface area (TPSA) is 89.1 Å². The van der Waals surface area contributed by atoms with Crippen LogP contribution in [0.1, 0.15) is 36.7 Å². The lowest BCUT2D eigenvalue weighted by Gasteiger charge is -2.23. The molecule has 3 rings (SSSR count). The summed E-state index contributed by atoms with van der Waals surface area (Å²) >= 11 is 0. The fourth-order valence-corrected chi connectivity index (χ4v) is 3.01. The van der Waals surface area contributed by atoms with Gasteiger partial charge in [-0.15, -0.1) is 0 Å². The van der Waals surface area contributed by atoms with Crippen LogP contribution < -0.4 is 5.32 Å². The molecule has 0 aromatic carbocycles. The van der Waals surface area contributed by atoms with Gasteiger partial charge in [0.1, 0.15) is 30.6 Å². The first-order valence-corrected chi connectivity index (χ1v) is 8.37. The Kier molecular flexibility index (Phi) is 5.12. The van der Waals surface area contributed by atoms with E-state index >= 15 is 0 Å². The number of rotatable bonds is 6. The highest BCUT2D eigenvalue weighted by atomic mass is 19.1. The van der Waals surface area contributed by atoms with Crippen molar-refractivity contribution in [1.29, 1.82) is 0 Å². The molecule has 1 N–H and O–H groups in total. The highest BCUT2D eigenvalue weighted by Crippen LogP contribution is 2.23. The summed E-state index contributed by atoms with van der Waals surface area (Å²) in [6.45, 7) is 6.61. The van der Waals surface area contributed by atoms with Gasteiger partial charge in [0.15, 0.2) is 0 Å². The van der Waals surface area contributed by atoms with Crippen LogP contribution in [0.25, 0.3) is 0 Å². The molecule has 0 bridgehead atoms. The third kappa shape index (κ3) is 4.04. The Morgan fingerprint density at radius 3 is 2.96 bits per heavy atom. The van der Waals surface area contributed by atoms with Crippen LogP contribution in [-0.2, 0) is 11.3 Å². The second kappa shape index (κ2) is 7.30. The van der Waals surface area contributed by atoms with Crippen molar-refractivity contribution in [3.63, 3.8) is 0 Å². The Hall–Kier alpha value is -2.29. The van der Waals surface area contributed by atoms with Crippen molar-refractivity contribution in [2.45, 2.75) is 52.0 Å². The molecular weight excluding hydrogens is 327 g/mol. The Morgan fingerprint density at radius 2 is 2.32 bits per heavy atom. The predicted molar refractivity (Wildman–Crippen MR) is 87.4 cm³/mol. The lowest BCUT2D eigenvalue weighted by molar-refractivity contribution is -0.124. The molecule has 2 aromatic rings. The van der Waals surface area contributed by atoms with Gasteiger partial charge in [0.25, 0.3) is 0 Å². The normalized spacial score (nSPS) is 22.2. The number of carbonyl (C=O) groups excluding carboxylic acids is 1. The van der Waals surface area contributed by atoms with Gasteiger partial charge in [-0.3, -0.25) is 9.69 Å². The molecule has 0 aliphatic carbocycles. The first-order chi connectivity index (χ1) is 11.9. The monoisotopic (exact) mass is 350 g/mol. The van der Waals surface area contributed by atoms with E-state index in [2.05, 4.69) is 20.4 Å². The minimum atomic E-state index is -0.910. The Morgan fingerprint density at radius 1 is 1.52 bits per heavy atom. The summed E-state index contributed by atoms with van der Waals surface area (Å²) in [6, 6.07) is -0.551. The number of nitrogens with zero attached hydrogens (tertiary/aromatic N) is 5. The standard InChI is InChI=1S/C16H23FN6O2/c1-10-12(3)25-15(21-10)7-22-6-13(17)4-14(22)5-19-16(24)11(2)23-9-18-8-20-23/h8-9,11,13-14H,4-7H2,1-3H3,(H,19,24)/t11?,13-,14-/m0/s1. The second-order valence-corrected chi connectivity index (χ2v) is 6.46. The van der Waals surface area contributed by atoms with E-state index in [9.17, 15) is 9.18 Å². The summed E-state index contributed by atoms with van der Waals surface area (Å²) in [5, 5.41) is 6.84. The maximum absolute atomic E-state index is 13.9. The molecule has 0 saturated carbocycles. The van der Waals surface area contributed by atoms with Gasteiger partial charge in [0.2, 0.25) is 11.8 Å². The molecule has 9 heteroatoms. The molecule has 1 aliphatic rings. The summed E-state index contributed by atoms with van der Waals surface area (Å²) in [7, 11) is 0. The van der Waals surface area contributed by atoms with Gasteiger partial charge in [-0.2, -0.15) is 5.10 Å². The minimum Gasteiger partial charge on any atom is -0.444 e. The highest BCUT2D eigenvalue weighted by Gasteiger charge is 2.33. The van der Waals surface area contributed by atoms with Crippen LogP contribution in [0.5, 0.6) is 0 Å². The molecule has 136 valence electrons. The number of aromatic nitrogens is 4. The number of hydrogen-bond donors (Lipinski definition) is 1. The average Bonchev–Trinajstić information content (AvgIpc) is 3.27. The third-order valence-electron chi connectivity index (χ3n) is 4.61. The molecule has 1 fully saturated rings. The molecule has 1 amide bonds. The van der Waals surface area contributed by atoms with E-state index < -0.39 is 12.2 Å². The summed E-state index contributed by atoms with van der Waals surface area (Å²) in [6.07, 6.45) is 2.36. The van der Waals surface area contributed by atoms with Crippen molar-refractivity contribution in [1.82, 2.24) is 30.0 Å². The largest absolute Gasteiger partial charge is 0.444 e. The van der Waals surface area contributed by atoms with Gasteiger partial charge >= 0.3 is 0 Å². The lowest BCUT2D eigenvalue weighted by Crippen LogP contribution is -2.42. The maximum atomic E-state index is 13.9. The van der Waals surface area contributed by atoms with Crippen LogP contribution in [0.4, 0.5) is 4.39 Å². The Labute approximate surface area is 145 Å². The quantitative estimate of drug-likeness (QED) is 0.841. The van der Waals surface area contributed by atoms with Gasteiger partial charge in [0.05, 0.1) is 12.2 Å².